The molecule has 3 N–H and O–H groups in total. The first-order valence-electron chi connectivity index (χ1n) is 12.9. The van der Waals surface area contributed by atoms with Gasteiger partial charge < -0.3 is 24.6 Å². The van der Waals surface area contributed by atoms with Crippen LogP contribution in [0.15, 0.2) is 38.3 Å². The normalized spacial score (nSPS) is 17.8. The van der Waals surface area contributed by atoms with Gasteiger partial charge in [-0.15, -0.1) is 0 Å². The molecule has 3 aromatic heterocycles. The van der Waals surface area contributed by atoms with Crippen LogP contribution in [-0.4, -0.2) is 72.7 Å². The SMILES string of the molecule is CC(C)CN(C(=O)c1cnc(C(C)(C)C)nc1NCc1ccco1)[C@H]1C[C@@H](c2noc(=O)[nH]2)CN(C(=O)O)C1. The Kier molecular flexibility index (Phi) is 8.07. The zero-order chi connectivity index (χ0) is 28.3. The number of aromatic nitrogens is 4. The highest BCUT2D eigenvalue weighted by Crippen LogP contribution is 2.30. The molecule has 0 unspecified atom stereocenters. The number of carboxylic acid groups (broad SMARTS) is 1. The van der Waals surface area contributed by atoms with Crippen molar-refractivity contribution in [3.63, 3.8) is 0 Å². The number of H-pyrrole nitrogens is 1. The fourth-order valence-corrected chi connectivity index (χ4v) is 4.63. The lowest BCUT2D eigenvalue weighted by molar-refractivity contribution is 0.0466. The lowest BCUT2D eigenvalue weighted by atomic mass is 9.91. The highest BCUT2D eigenvalue weighted by atomic mass is 16.5. The van der Waals surface area contributed by atoms with E-state index in [0.717, 1.165) is 0 Å². The largest absolute Gasteiger partial charge is 0.467 e. The maximum atomic E-state index is 14.2. The maximum absolute atomic E-state index is 14.2. The molecule has 39 heavy (non-hydrogen) atoms. The van der Waals surface area contributed by atoms with Crippen LogP contribution in [0.25, 0.3) is 0 Å². The summed E-state index contributed by atoms with van der Waals surface area (Å²) in [5.41, 5.74) is -0.0815. The number of hydrogen-bond donors (Lipinski definition) is 3. The van der Waals surface area contributed by atoms with Crippen molar-refractivity contribution in [3.05, 3.63) is 58.1 Å². The minimum absolute atomic E-state index is 0.0914. The van der Waals surface area contributed by atoms with Crippen LogP contribution >= 0.6 is 0 Å². The van der Waals surface area contributed by atoms with Crippen molar-refractivity contribution >= 4 is 17.8 Å². The van der Waals surface area contributed by atoms with Gasteiger partial charge in [0.2, 0.25) is 0 Å². The van der Waals surface area contributed by atoms with Crippen molar-refractivity contribution in [1.82, 2.24) is 29.9 Å². The molecule has 0 saturated carbocycles. The number of furan rings is 1. The van der Waals surface area contributed by atoms with Crippen LogP contribution in [0.5, 0.6) is 0 Å². The smallest absolute Gasteiger partial charge is 0.438 e. The predicted octanol–water partition coefficient (Wildman–Crippen LogP) is 3.29. The summed E-state index contributed by atoms with van der Waals surface area (Å²) in [7, 11) is 0. The van der Waals surface area contributed by atoms with E-state index < -0.39 is 23.8 Å². The molecule has 13 nitrogen and oxygen atoms in total. The van der Waals surface area contributed by atoms with Gasteiger partial charge in [-0.1, -0.05) is 39.8 Å². The summed E-state index contributed by atoms with van der Waals surface area (Å²) >= 11 is 0. The third-order valence-electron chi connectivity index (χ3n) is 6.51. The Morgan fingerprint density at radius 1 is 1.31 bits per heavy atom. The van der Waals surface area contributed by atoms with E-state index >= 15 is 0 Å². The van der Waals surface area contributed by atoms with Gasteiger partial charge in [-0.05, 0) is 24.5 Å². The molecule has 4 heterocycles. The molecular formula is C26H35N7O6. The van der Waals surface area contributed by atoms with E-state index in [1.165, 1.54) is 11.1 Å². The Labute approximate surface area is 225 Å². The van der Waals surface area contributed by atoms with Crippen LogP contribution in [0.3, 0.4) is 0 Å². The van der Waals surface area contributed by atoms with Gasteiger partial charge in [0.1, 0.15) is 23.0 Å². The molecule has 0 spiro atoms. The predicted molar refractivity (Wildman–Crippen MR) is 141 cm³/mol. The Morgan fingerprint density at radius 2 is 2.08 bits per heavy atom. The molecule has 13 heteroatoms. The van der Waals surface area contributed by atoms with Crippen LogP contribution in [0, 0.1) is 5.92 Å². The molecule has 1 saturated heterocycles. The second kappa shape index (κ2) is 11.3. The lowest BCUT2D eigenvalue weighted by Crippen LogP contribution is -2.54. The molecule has 0 bridgehead atoms. The number of piperidine rings is 1. The molecular weight excluding hydrogens is 506 g/mol. The lowest BCUT2D eigenvalue weighted by Gasteiger charge is -2.41. The van der Waals surface area contributed by atoms with Gasteiger partial charge in [-0.2, -0.15) is 0 Å². The number of carbonyl (C=O) groups excluding carboxylic acids is 1. The summed E-state index contributed by atoms with van der Waals surface area (Å²) in [5, 5.41) is 16.8. The average molecular weight is 542 g/mol. The molecule has 3 aromatic rings. The van der Waals surface area contributed by atoms with Gasteiger partial charge in [0, 0.05) is 37.2 Å². The van der Waals surface area contributed by atoms with Crippen LogP contribution in [0.1, 0.15) is 74.7 Å². The Morgan fingerprint density at radius 3 is 2.67 bits per heavy atom. The summed E-state index contributed by atoms with van der Waals surface area (Å²) in [6, 6.07) is 3.11. The summed E-state index contributed by atoms with van der Waals surface area (Å²) in [4.78, 5) is 52.4. The molecule has 1 fully saturated rings. The van der Waals surface area contributed by atoms with Gasteiger partial charge in [-0.25, -0.2) is 19.6 Å². The molecule has 1 aliphatic heterocycles. The van der Waals surface area contributed by atoms with Crippen molar-refractivity contribution in [2.24, 2.45) is 5.92 Å². The van der Waals surface area contributed by atoms with Crippen LogP contribution in [0.4, 0.5) is 10.6 Å². The highest BCUT2D eigenvalue weighted by Gasteiger charge is 2.38. The third-order valence-corrected chi connectivity index (χ3v) is 6.51. The quantitative estimate of drug-likeness (QED) is 0.384. The van der Waals surface area contributed by atoms with Crippen LogP contribution in [-0.2, 0) is 12.0 Å². The van der Waals surface area contributed by atoms with Gasteiger partial charge >= 0.3 is 11.8 Å². The first kappa shape index (κ1) is 27.9. The number of rotatable bonds is 8. The molecule has 1 aliphatic rings. The zero-order valence-electron chi connectivity index (χ0n) is 22.8. The second-order valence-electron chi connectivity index (χ2n) is 11.2. The fraction of sp³-hybridized carbons (Fsp3) is 0.538. The molecule has 0 radical (unpaired) electrons. The van der Waals surface area contributed by atoms with Gasteiger partial charge in [-0.3, -0.25) is 14.3 Å². The van der Waals surface area contributed by atoms with Gasteiger partial charge in [0.05, 0.1) is 18.8 Å². The summed E-state index contributed by atoms with van der Waals surface area (Å²) in [6.07, 6.45) is 2.37. The van der Waals surface area contributed by atoms with Crippen molar-refractivity contribution < 1.29 is 23.6 Å². The standard InChI is InChI=1S/C26H35N7O6/c1-15(2)12-33(17-9-16(13-32(14-17)25(36)37)20-30-24(35)39-31-20)22(34)19-11-28-23(26(3,4)5)29-21(19)27-10-18-7-6-8-38-18/h6-8,11,15-17H,9-10,12-14H2,1-5H3,(H,36,37)(H,27,28,29)(H,30,31,35)/t16-,17+/m1/s1. The Bertz CT molecular complexity index is 1340. The highest BCUT2D eigenvalue weighted by molar-refractivity contribution is 5.98. The minimum atomic E-state index is -1.12. The second-order valence-corrected chi connectivity index (χ2v) is 11.2. The Hall–Kier alpha value is -4.16. The van der Waals surface area contributed by atoms with Gasteiger partial charge in [0.15, 0.2) is 5.82 Å². The fourth-order valence-electron chi connectivity index (χ4n) is 4.63. The van der Waals surface area contributed by atoms with E-state index in [1.807, 2.05) is 40.7 Å². The van der Waals surface area contributed by atoms with E-state index in [-0.39, 0.29) is 41.7 Å². The number of amides is 2. The topological polar surface area (TPSA) is 171 Å². The van der Waals surface area contributed by atoms with Crippen molar-refractivity contribution in [3.8, 4) is 0 Å². The van der Waals surface area contributed by atoms with E-state index in [1.54, 1.807) is 17.2 Å². The zero-order valence-corrected chi connectivity index (χ0v) is 22.8. The molecule has 2 amide bonds. The number of aromatic amines is 1. The number of carbonyl (C=O) groups is 2. The summed E-state index contributed by atoms with van der Waals surface area (Å²) in [5.74, 6) is 0.472. The summed E-state index contributed by atoms with van der Waals surface area (Å²) in [6.45, 7) is 10.9. The minimum Gasteiger partial charge on any atom is -0.467 e. The third kappa shape index (κ3) is 6.65. The number of anilines is 1. The van der Waals surface area contributed by atoms with E-state index in [4.69, 9.17) is 9.40 Å². The number of nitrogens with one attached hydrogen (secondary N) is 2. The van der Waals surface area contributed by atoms with E-state index in [2.05, 4.69) is 25.0 Å². The van der Waals surface area contributed by atoms with Crippen LogP contribution < -0.4 is 11.1 Å². The Balaban J connectivity index is 1.70. The average Bonchev–Trinajstić information content (AvgIpc) is 3.56. The number of hydrogen-bond acceptors (Lipinski definition) is 9. The van der Waals surface area contributed by atoms with E-state index in [0.29, 0.717) is 36.9 Å². The molecule has 0 aromatic carbocycles. The maximum Gasteiger partial charge on any atom is 0.438 e. The first-order valence-corrected chi connectivity index (χ1v) is 12.9. The van der Waals surface area contributed by atoms with Crippen molar-refractivity contribution in [2.75, 3.05) is 25.0 Å². The summed E-state index contributed by atoms with van der Waals surface area (Å²) < 4.78 is 10.1. The molecule has 210 valence electrons. The monoisotopic (exact) mass is 541 g/mol. The molecule has 2 atom stereocenters. The van der Waals surface area contributed by atoms with Crippen molar-refractivity contribution in [1.29, 1.82) is 0 Å². The van der Waals surface area contributed by atoms with Crippen molar-refractivity contribution in [2.45, 2.75) is 65.0 Å². The molecule has 0 aliphatic carbocycles. The molecule has 4 rings (SSSR count). The number of likely N-dealkylation sites (tertiary alicyclic amines) is 1. The van der Waals surface area contributed by atoms with Crippen LogP contribution in [0.2, 0.25) is 0 Å². The van der Waals surface area contributed by atoms with Gasteiger partial charge in [0.25, 0.3) is 5.91 Å². The first-order chi connectivity index (χ1) is 18.4. The number of nitrogens with zero attached hydrogens (tertiary/aromatic N) is 5. The van der Waals surface area contributed by atoms with E-state index in [9.17, 15) is 19.5 Å².